The van der Waals surface area contributed by atoms with Gasteiger partial charge in [-0.25, -0.2) is 0 Å². The third-order valence-electron chi connectivity index (χ3n) is 4.36. The van der Waals surface area contributed by atoms with Gasteiger partial charge < -0.3 is 5.32 Å². The Bertz CT molecular complexity index is 1020. The van der Waals surface area contributed by atoms with E-state index in [9.17, 15) is 9.59 Å². The minimum Gasteiger partial charge on any atom is -0.350 e. The summed E-state index contributed by atoms with van der Waals surface area (Å²) < 4.78 is 1.56. The highest BCUT2D eigenvalue weighted by Gasteiger charge is 2.16. The molecule has 0 radical (unpaired) electrons. The average molecular weight is 334 g/mol. The number of fused-ring (bicyclic) bond motifs is 1. The van der Waals surface area contributed by atoms with E-state index in [0.29, 0.717) is 16.3 Å². The maximum absolute atomic E-state index is 13.0. The van der Waals surface area contributed by atoms with Gasteiger partial charge in [0.05, 0.1) is 5.56 Å². The highest BCUT2D eigenvalue weighted by Crippen LogP contribution is 2.19. The molecule has 1 amide bonds. The standard InChI is InChI=1S/C21H22N2O2/c1-13(2)22-20(24)19-12-23(16-10-9-14(3)15(4)11-16)21(25)18-8-6-5-7-17(18)19/h5-13H,1-4H3,(H,22,24). The van der Waals surface area contributed by atoms with Crippen molar-refractivity contribution >= 4 is 16.7 Å². The zero-order chi connectivity index (χ0) is 18.1. The second kappa shape index (κ2) is 6.55. The van der Waals surface area contributed by atoms with Gasteiger partial charge in [0, 0.05) is 28.7 Å². The molecule has 1 heterocycles. The topological polar surface area (TPSA) is 51.1 Å². The Balaban J connectivity index is 2.29. The molecule has 0 saturated heterocycles. The summed E-state index contributed by atoms with van der Waals surface area (Å²) in [5.41, 5.74) is 3.40. The third-order valence-corrected chi connectivity index (χ3v) is 4.36. The summed E-state index contributed by atoms with van der Waals surface area (Å²) in [6.45, 7) is 7.87. The Morgan fingerprint density at radius 2 is 1.68 bits per heavy atom. The number of nitrogens with one attached hydrogen (secondary N) is 1. The van der Waals surface area contributed by atoms with Crippen molar-refractivity contribution in [3.63, 3.8) is 0 Å². The van der Waals surface area contributed by atoms with Crippen LogP contribution in [-0.2, 0) is 0 Å². The van der Waals surface area contributed by atoms with Crippen molar-refractivity contribution in [2.24, 2.45) is 0 Å². The molecule has 0 aliphatic carbocycles. The van der Waals surface area contributed by atoms with E-state index in [1.54, 1.807) is 16.8 Å². The number of carbonyl (C=O) groups is 1. The smallest absolute Gasteiger partial charge is 0.262 e. The number of carbonyl (C=O) groups excluding carboxylic acids is 1. The number of nitrogens with zero attached hydrogens (tertiary/aromatic N) is 1. The molecule has 3 aromatic rings. The normalized spacial score (nSPS) is 11.1. The highest BCUT2D eigenvalue weighted by atomic mass is 16.2. The molecule has 0 aliphatic rings. The van der Waals surface area contributed by atoms with E-state index in [2.05, 4.69) is 5.32 Å². The second-order valence-electron chi connectivity index (χ2n) is 6.66. The van der Waals surface area contributed by atoms with Crippen LogP contribution >= 0.6 is 0 Å². The van der Waals surface area contributed by atoms with Crippen molar-refractivity contribution < 1.29 is 4.79 Å². The molecule has 0 fully saturated rings. The van der Waals surface area contributed by atoms with Crippen molar-refractivity contribution in [3.05, 3.63) is 75.7 Å². The fourth-order valence-electron chi connectivity index (χ4n) is 2.88. The number of aryl methyl sites for hydroxylation is 2. The van der Waals surface area contributed by atoms with Crippen molar-refractivity contribution in [1.82, 2.24) is 9.88 Å². The number of rotatable bonds is 3. The van der Waals surface area contributed by atoms with Crippen LogP contribution in [0.3, 0.4) is 0 Å². The Morgan fingerprint density at radius 1 is 1.00 bits per heavy atom. The van der Waals surface area contributed by atoms with Gasteiger partial charge in [0.25, 0.3) is 11.5 Å². The minimum absolute atomic E-state index is 0.0215. The largest absolute Gasteiger partial charge is 0.350 e. The number of pyridine rings is 1. The zero-order valence-electron chi connectivity index (χ0n) is 15.0. The molecule has 1 aromatic heterocycles. The molecule has 0 unspecified atom stereocenters. The molecule has 128 valence electrons. The van der Waals surface area contributed by atoms with Gasteiger partial charge in [0.2, 0.25) is 0 Å². The summed E-state index contributed by atoms with van der Waals surface area (Å²) in [7, 11) is 0. The summed E-state index contributed by atoms with van der Waals surface area (Å²) in [4.78, 5) is 25.6. The van der Waals surface area contributed by atoms with Crippen molar-refractivity contribution in [2.45, 2.75) is 33.7 Å². The Morgan fingerprint density at radius 3 is 2.32 bits per heavy atom. The number of amides is 1. The summed E-state index contributed by atoms with van der Waals surface area (Å²) in [6.07, 6.45) is 1.65. The first-order valence-corrected chi connectivity index (χ1v) is 8.41. The predicted molar refractivity (Wildman–Crippen MR) is 102 cm³/mol. The molecular formula is C21H22N2O2. The minimum atomic E-state index is -0.177. The van der Waals surface area contributed by atoms with Gasteiger partial charge in [-0.2, -0.15) is 0 Å². The summed E-state index contributed by atoms with van der Waals surface area (Å²) >= 11 is 0. The maximum Gasteiger partial charge on any atom is 0.262 e. The summed E-state index contributed by atoms with van der Waals surface area (Å²) in [5, 5.41) is 4.13. The number of aromatic nitrogens is 1. The van der Waals surface area contributed by atoms with E-state index >= 15 is 0 Å². The van der Waals surface area contributed by atoms with Crippen LogP contribution in [0.5, 0.6) is 0 Å². The van der Waals surface area contributed by atoms with Gasteiger partial charge in [-0.3, -0.25) is 14.2 Å². The van der Waals surface area contributed by atoms with E-state index in [0.717, 1.165) is 16.8 Å². The van der Waals surface area contributed by atoms with E-state index in [1.807, 2.05) is 64.1 Å². The predicted octanol–water partition coefficient (Wildman–Crippen LogP) is 3.75. The van der Waals surface area contributed by atoms with Gasteiger partial charge in [-0.1, -0.05) is 24.3 Å². The number of hydrogen-bond acceptors (Lipinski definition) is 2. The lowest BCUT2D eigenvalue weighted by Crippen LogP contribution is -2.32. The van der Waals surface area contributed by atoms with Crippen LogP contribution in [0.25, 0.3) is 16.5 Å². The maximum atomic E-state index is 13.0. The molecule has 1 N–H and O–H groups in total. The van der Waals surface area contributed by atoms with Gasteiger partial charge in [0.15, 0.2) is 0 Å². The molecule has 0 aliphatic heterocycles. The van der Waals surface area contributed by atoms with Crippen LogP contribution in [0.4, 0.5) is 0 Å². The van der Waals surface area contributed by atoms with Crippen LogP contribution in [-0.4, -0.2) is 16.5 Å². The summed E-state index contributed by atoms with van der Waals surface area (Å²) in [6, 6.07) is 13.1. The molecule has 25 heavy (non-hydrogen) atoms. The molecule has 0 saturated carbocycles. The van der Waals surface area contributed by atoms with Crippen molar-refractivity contribution in [2.75, 3.05) is 0 Å². The molecular weight excluding hydrogens is 312 g/mol. The number of benzene rings is 2. The van der Waals surface area contributed by atoms with Crippen LogP contribution in [0.15, 0.2) is 53.5 Å². The van der Waals surface area contributed by atoms with E-state index in [1.165, 1.54) is 0 Å². The molecule has 2 aromatic carbocycles. The van der Waals surface area contributed by atoms with Gasteiger partial charge in [0.1, 0.15) is 0 Å². The van der Waals surface area contributed by atoms with E-state index < -0.39 is 0 Å². The summed E-state index contributed by atoms with van der Waals surface area (Å²) in [5.74, 6) is -0.177. The van der Waals surface area contributed by atoms with Crippen LogP contribution in [0.1, 0.15) is 35.3 Å². The molecule has 0 atom stereocenters. The molecule has 0 spiro atoms. The highest BCUT2D eigenvalue weighted by molar-refractivity contribution is 6.06. The van der Waals surface area contributed by atoms with Gasteiger partial charge >= 0.3 is 0 Å². The van der Waals surface area contributed by atoms with Crippen molar-refractivity contribution in [3.8, 4) is 5.69 Å². The van der Waals surface area contributed by atoms with Gasteiger partial charge in [-0.05, 0) is 57.0 Å². The van der Waals surface area contributed by atoms with Crippen molar-refractivity contribution in [1.29, 1.82) is 0 Å². The first-order chi connectivity index (χ1) is 11.9. The fourth-order valence-corrected chi connectivity index (χ4v) is 2.88. The second-order valence-corrected chi connectivity index (χ2v) is 6.66. The monoisotopic (exact) mass is 334 g/mol. The lowest BCUT2D eigenvalue weighted by molar-refractivity contribution is 0.0944. The third kappa shape index (κ3) is 3.20. The first kappa shape index (κ1) is 17.0. The van der Waals surface area contributed by atoms with Gasteiger partial charge in [-0.15, -0.1) is 0 Å². The molecule has 4 heteroatoms. The van der Waals surface area contributed by atoms with Crippen LogP contribution in [0.2, 0.25) is 0 Å². The molecule has 3 rings (SSSR count). The Hall–Kier alpha value is -2.88. The SMILES string of the molecule is Cc1ccc(-n2cc(C(=O)NC(C)C)c3ccccc3c2=O)cc1C. The Labute approximate surface area is 147 Å². The quantitative estimate of drug-likeness (QED) is 0.793. The van der Waals surface area contributed by atoms with E-state index in [-0.39, 0.29) is 17.5 Å². The average Bonchev–Trinajstić information content (AvgIpc) is 2.57. The first-order valence-electron chi connectivity index (χ1n) is 8.41. The lowest BCUT2D eigenvalue weighted by atomic mass is 10.1. The Kier molecular flexibility index (Phi) is 4.45. The van der Waals surface area contributed by atoms with E-state index in [4.69, 9.17) is 0 Å². The lowest BCUT2D eigenvalue weighted by Gasteiger charge is -2.15. The molecule has 4 nitrogen and oxygen atoms in total. The molecule has 0 bridgehead atoms. The van der Waals surface area contributed by atoms with Crippen LogP contribution in [0, 0.1) is 13.8 Å². The number of hydrogen-bond donors (Lipinski definition) is 1. The van der Waals surface area contributed by atoms with Crippen LogP contribution < -0.4 is 10.9 Å². The fraction of sp³-hybridized carbons (Fsp3) is 0.238. The zero-order valence-corrected chi connectivity index (χ0v) is 15.0.